The highest BCUT2D eigenvalue weighted by atomic mass is 19.4. The Bertz CT molecular complexity index is 1600. The molecule has 1 aliphatic carbocycles. The molecule has 6 rings (SSSR count). The van der Waals surface area contributed by atoms with Crippen LogP contribution in [0.25, 0.3) is 28.5 Å². The zero-order chi connectivity index (χ0) is 28.0. The fourth-order valence-electron chi connectivity index (χ4n) is 4.92. The first kappa shape index (κ1) is 25.8. The maximum absolute atomic E-state index is 13.9. The molecule has 1 aliphatic heterocycles. The van der Waals surface area contributed by atoms with Gasteiger partial charge in [0.05, 0.1) is 11.1 Å². The number of aromatic carboxylic acids is 1. The Morgan fingerprint density at radius 3 is 2.50 bits per heavy atom. The average Bonchev–Trinajstić information content (AvgIpc) is 3.66. The molecule has 0 radical (unpaired) electrons. The summed E-state index contributed by atoms with van der Waals surface area (Å²) in [6, 6.07) is 12.6. The van der Waals surface area contributed by atoms with Gasteiger partial charge in [0, 0.05) is 47.8 Å². The average molecular weight is 550 g/mol. The molecule has 6 nitrogen and oxygen atoms in total. The molecular formula is C30H23F4N3O3. The SMILES string of the molecule is O=C(O)c1cc(F)cc(-c2ccc(N3CC(C=Cc4c(-c5ccccc5C(F)(F)F)noc4C4CC4)C3)nc2)c1. The van der Waals surface area contributed by atoms with Gasteiger partial charge in [0.15, 0.2) is 0 Å². The number of carbonyl (C=O) groups is 1. The number of hydrogen-bond acceptors (Lipinski definition) is 5. The topological polar surface area (TPSA) is 79.5 Å². The first-order valence-electron chi connectivity index (χ1n) is 12.8. The molecule has 204 valence electrons. The number of benzene rings is 2. The van der Waals surface area contributed by atoms with Gasteiger partial charge in [-0.1, -0.05) is 35.5 Å². The van der Waals surface area contributed by atoms with Gasteiger partial charge in [0.2, 0.25) is 0 Å². The van der Waals surface area contributed by atoms with Crippen LogP contribution in [-0.4, -0.2) is 34.3 Å². The van der Waals surface area contributed by atoms with Crippen molar-refractivity contribution in [2.75, 3.05) is 18.0 Å². The molecule has 3 heterocycles. The Morgan fingerprint density at radius 1 is 1.05 bits per heavy atom. The van der Waals surface area contributed by atoms with Crippen LogP contribution in [0.15, 0.2) is 71.4 Å². The lowest BCUT2D eigenvalue weighted by Gasteiger charge is -2.38. The van der Waals surface area contributed by atoms with E-state index >= 15 is 0 Å². The highest BCUT2D eigenvalue weighted by Gasteiger charge is 2.37. The van der Waals surface area contributed by atoms with Crippen LogP contribution in [0.1, 0.15) is 46.0 Å². The van der Waals surface area contributed by atoms with Crippen LogP contribution in [0.5, 0.6) is 0 Å². The van der Waals surface area contributed by atoms with Crippen molar-refractivity contribution in [2.45, 2.75) is 24.9 Å². The van der Waals surface area contributed by atoms with Gasteiger partial charge in [-0.2, -0.15) is 13.2 Å². The summed E-state index contributed by atoms with van der Waals surface area (Å²) < 4.78 is 60.5. The van der Waals surface area contributed by atoms with E-state index in [9.17, 15) is 27.5 Å². The van der Waals surface area contributed by atoms with Crippen LogP contribution in [0, 0.1) is 11.7 Å². The molecule has 0 spiro atoms. The van der Waals surface area contributed by atoms with Gasteiger partial charge in [-0.15, -0.1) is 0 Å². The lowest BCUT2D eigenvalue weighted by atomic mass is 9.95. The molecule has 0 bridgehead atoms. The number of aromatic nitrogens is 2. The predicted octanol–water partition coefficient (Wildman–Crippen LogP) is 7.29. The van der Waals surface area contributed by atoms with E-state index in [2.05, 4.69) is 10.1 Å². The van der Waals surface area contributed by atoms with Crippen molar-refractivity contribution >= 4 is 17.9 Å². The zero-order valence-electron chi connectivity index (χ0n) is 21.0. The molecule has 2 aromatic heterocycles. The minimum atomic E-state index is -4.51. The van der Waals surface area contributed by atoms with Gasteiger partial charge in [0.1, 0.15) is 23.1 Å². The van der Waals surface area contributed by atoms with Gasteiger partial charge >= 0.3 is 12.1 Å². The standard InChI is InChI=1S/C30H23F4N3O3/c31-22-12-20(11-21(13-22)29(38)39)19-8-10-26(35-14-19)37-15-17(16-37)5-9-24-27(36-40-28(24)18-6-7-18)23-3-1-2-4-25(23)30(32,33)34/h1-5,8-14,17-18H,6-7,15-16H2,(H,38,39). The highest BCUT2D eigenvalue weighted by molar-refractivity contribution is 5.89. The second kappa shape index (κ2) is 9.93. The zero-order valence-corrected chi connectivity index (χ0v) is 21.0. The lowest BCUT2D eigenvalue weighted by molar-refractivity contribution is -0.137. The normalized spacial score (nSPS) is 15.9. The first-order chi connectivity index (χ1) is 19.2. The number of pyridine rings is 1. The van der Waals surface area contributed by atoms with Crippen LogP contribution in [0.4, 0.5) is 23.4 Å². The number of carboxylic acid groups (broad SMARTS) is 1. The first-order valence-corrected chi connectivity index (χ1v) is 12.8. The highest BCUT2D eigenvalue weighted by Crippen LogP contribution is 2.46. The molecule has 0 amide bonds. The van der Waals surface area contributed by atoms with E-state index in [0.717, 1.165) is 25.0 Å². The molecular weight excluding hydrogens is 526 g/mol. The fourth-order valence-corrected chi connectivity index (χ4v) is 4.92. The van der Waals surface area contributed by atoms with E-state index in [0.29, 0.717) is 41.4 Å². The molecule has 0 atom stereocenters. The Morgan fingerprint density at radius 2 is 1.82 bits per heavy atom. The van der Waals surface area contributed by atoms with Crippen molar-refractivity contribution in [1.29, 1.82) is 0 Å². The lowest BCUT2D eigenvalue weighted by Crippen LogP contribution is -2.46. The molecule has 10 heteroatoms. The Kier molecular flexibility index (Phi) is 6.40. The molecule has 1 saturated carbocycles. The third kappa shape index (κ3) is 5.09. The summed E-state index contributed by atoms with van der Waals surface area (Å²) in [6.07, 6.45) is 2.70. The molecule has 2 fully saturated rings. The molecule has 1 N–H and O–H groups in total. The largest absolute Gasteiger partial charge is 0.478 e. The Balaban J connectivity index is 1.18. The van der Waals surface area contributed by atoms with E-state index in [1.54, 1.807) is 24.4 Å². The summed E-state index contributed by atoms with van der Waals surface area (Å²) in [6.45, 7) is 1.31. The molecule has 0 unspecified atom stereocenters. The Hall–Kier alpha value is -4.47. The number of rotatable bonds is 7. The van der Waals surface area contributed by atoms with Gasteiger partial charge in [-0.05, 0) is 54.8 Å². The summed E-state index contributed by atoms with van der Waals surface area (Å²) in [5, 5.41) is 13.2. The van der Waals surface area contributed by atoms with Gasteiger partial charge in [-0.3, -0.25) is 0 Å². The second-order valence-corrected chi connectivity index (χ2v) is 10.1. The second-order valence-electron chi connectivity index (χ2n) is 10.1. The van der Waals surface area contributed by atoms with E-state index in [1.165, 1.54) is 24.3 Å². The molecule has 1 saturated heterocycles. The third-order valence-corrected chi connectivity index (χ3v) is 7.19. The molecule has 40 heavy (non-hydrogen) atoms. The molecule has 2 aliphatic rings. The predicted molar refractivity (Wildman–Crippen MR) is 140 cm³/mol. The van der Waals surface area contributed by atoms with Crippen molar-refractivity contribution in [2.24, 2.45) is 5.92 Å². The summed E-state index contributed by atoms with van der Waals surface area (Å²) in [5.41, 5.74) is 0.914. The van der Waals surface area contributed by atoms with Crippen LogP contribution < -0.4 is 4.90 Å². The Labute approximate surface area is 226 Å². The van der Waals surface area contributed by atoms with Crippen LogP contribution in [0.2, 0.25) is 0 Å². The summed E-state index contributed by atoms with van der Waals surface area (Å²) >= 11 is 0. The number of carboxylic acids is 1. The van der Waals surface area contributed by atoms with Gasteiger partial charge < -0.3 is 14.5 Å². The van der Waals surface area contributed by atoms with E-state index in [4.69, 9.17) is 4.52 Å². The van der Waals surface area contributed by atoms with Crippen molar-refractivity contribution in [1.82, 2.24) is 10.1 Å². The van der Waals surface area contributed by atoms with Crippen molar-refractivity contribution in [3.63, 3.8) is 0 Å². The maximum atomic E-state index is 13.9. The minimum Gasteiger partial charge on any atom is -0.478 e. The number of nitrogens with zero attached hydrogens (tertiary/aromatic N) is 3. The number of hydrogen-bond donors (Lipinski definition) is 1. The minimum absolute atomic E-state index is 0.00130. The van der Waals surface area contributed by atoms with E-state index in [1.807, 2.05) is 17.1 Å². The van der Waals surface area contributed by atoms with Crippen LogP contribution >= 0.6 is 0 Å². The van der Waals surface area contributed by atoms with Gasteiger partial charge in [0.25, 0.3) is 0 Å². The van der Waals surface area contributed by atoms with Crippen molar-refractivity contribution in [3.05, 3.63) is 95.1 Å². The fraction of sp³-hybridized carbons (Fsp3) is 0.233. The van der Waals surface area contributed by atoms with E-state index in [-0.39, 0.29) is 28.7 Å². The van der Waals surface area contributed by atoms with Gasteiger partial charge in [-0.25, -0.2) is 14.2 Å². The third-order valence-electron chi connectivity index (χ3n) is 7.19. The summed E-state index contributed by atoms with van der Waals surface area (Å²) in [5.74, 6) is -0.192. The number of halogens is 4. The number of anilines is 1. The van der Waals surface area contributed by atoms with E-state index < -0.39 is 23.5 Å². The van der Waals surface area contributed by atoms with Crippen LogP contribution in [0.3, 0.4) is 0 Å². The molecule has 2 aromatic carbocycles. The summed E-state index contributed by atoms with van der Waals surface area (Å²) in [4.78, 5) is 17.7. The van der Waals surface area contributed by atoms with Crippen LogP contribution in [-0.2, 0) is 6.18 Å². The summed E-state index contributed by atoms with van der Waals surface area (Å²) in [7, 11) is 0. The number of alkyl halides is 3. The monoisotopic (exact) mass is 549 g/mol. The maximum Gasteiger partial charge on any atom is 0.417 e. The molecule has 4 aromatic rings. The van der Waals surface area contributed by atoms with Crippen molar-refractivity contribution < 1.29 is 32.0 Å². The smallest absolute Gasteiger partial charge is 0.417 e. The quantitative estimate of drug-likeness (QED) is 0.244. The van der Waals surface area contributed by atoms with Crippen molar-refractivity contribution in [3.8, 4) is 22.4 Å².